The molecule has 40 heteroatoms. The Bertz CT molecular complexity index is 7330. The zero-order chi connectivity index (χ0) is 85.0. The summed E-state index contributed by atoms with van der Waals surface area (Å²) in [5.74, 6) is -5.10. The topological polar surface area (TPSA) is 588 Å². The van der Waals surface area contributed by atoms with E-state index in [2.05, 4.69) is 81.8 Å². The quantitative estimate of drug-likeness (QED) is 0.0322. The lowest BCUT2D eigenvalue weighted by Crippen LogP contribution is -2.22. The molecule has 0 radical (unpaired) electrons. The van der Waals surface area contributed by atoms with Crippen molar-refractivity contribution in [2.75, 3.05) is 0 Å². The normalized spacial score (nSPS) is 12.6. The smallest absolute Gasteiger partial charge is 0.143 e. The van der Waals surface area contributed by atoms with Crippen LogP contribution in [0.3, 0.4) is 0 Å². The number of carboxylic acid groups (broad SMARTS) is 2. The number of hydrogen-bond acceptors (Lipinski definition) is 36. The van der Waals surface area contributed by atoms with Crippen LogP contribution in [0.5, 0.6) is 23.0 Å². The van der Waals surface area contributed by atoms with Gasteiger partial charge in [-0.1, -0.05) is 60.7 Å². The van der Waals surface area contributed by atoms with Gasteiger partial charge in [0, 0.05) is 43.4 Å². The van der Waals surface area contributed by atoms with Crippen LogP contribution in [0.25, 0.3) is 54.6 Å². The molecule has 0 heterocycles. The number of benzene rings is 14. The number of phenolic OH excluding ortho intramolecular Hbond substituents is 2. The van der Waals surface area contributed by atoms with Crippen molar-refractivity contribution in [2.24, 2.45) is 81.8 Å². The molecule has 0 aliphatic rings. The first-order valence-electron chi connectivity index (χ1n) is 34.3. The van der Waals surface area contributed by atoms with Crippen molar-refractivity contribution in [1.82, 2.24) is 0 Å². The van der Waals surface area contributed by atoms with E-state index in [4.69, 9.17) is 0 Å². The third-order valence-corrected chi connectivity index (χ3v) is 20.9. The van der Waals surface area contributed by atoms with Gasteiger partial charge >= 0.3 is 0 Å². The maximum atomic E-state index is 12.8. The van der Waals surface area contributed by atoms with Crippen molar-refractivity contribution in [2.45, 2.75) is 19.6 Å². The Morgan fingerprint density at radius 2 is 0.433 bits per heavy atom. The van der Waals surface area contributed by atoms with E-state index in [-0.39, 0.29) is 89.2 Å². The molecular formula is C80H46N16O20S4-6. The molecule has 36 nitrogen and oxygen atoms in total. The molecule has 596 valence electrons. The Hall–Kier alpha value is -15.6. The zero-order valence-corrected chi connectivity index (χ0v) is 63.6. The van der Waals surface area contributed by atoms with E-state index in [9.17, 15) is 92.1 Å². The number of carbonyl (C=O) groups is 2. The fourth-order valence-electron chi connectivity index (χ4n) is 11.7. The van der Waals surface area contributed by atoms with Crippen LogP contribution in [0, 0.1) is 0 Å². The fraction of sp³-hybridized carbons (Fsp3) is 0. The minimum atomic E-state index is -5.40. The van der Waals surface area contributed by atoms with Crippen LogP contribution < -0.4 is 10.2 Å². The maximum absolute atomic E-state index is 12.8. The van der Waals surface area contributed by atoms with Gasteiger partial charge in [-0.15, -0.1) is 40.9 Å². The number of fused-ring (bicyclic) bond motifs is 3. The molecule has 0 aliphatic heterocycles. The SMILES string of the molecule is O=C([O-])c1cc(N=Nc2ccc(-c3ccc(N=Nc4ccc(N=Nc5cc(N=Nc6cc(S(=O)(=O)[O-])cc7c(N=Nc8ccc(O)c(N=Nc9ccc(N=Nc%10ccc(-c%11ccc(N=Nc%12ccc(O)c(C(=O)[O-])c%12)cc%11)cc%10)c%10ccc(S(=O)(=O)[O-])cc9%10)c8)cc(S(=O)(=O)[O-])cc67)ccc5O)c5ccc(S(=O)(=O)[O-])cc45)cc3)cc2)ccc1O. The molecule has 120 heavy (non-hydrogen) atoms. The van der Waals surface area contributed by atoms with Crippen LogP contribution in [-0.4, -0.2) is 84.2 Å². The number of aromatic carboxylic acids is 2. The van der Waals surface area contributed by atoms with Crippen LogP contribution in [-0.2, 0) is 40.5 Å². The van der Waals surface area contributed by atoms with Gasteiger partial charge in [0.05, 0.1) is 111 Å². The number of carbonyl (C=O) groups excluding carboxylic acids is 2. The summed E-state index contributed by atoms with van der Waals surface area (Å²) >= 11 is 0. The van der Waals surface area contributed by atoms with Gasteiger partial charge in [0.25, 0.3) is 0 Å². The van der Waals surface area contributed by atoms with Gasteiger partial charge < -0.3 is 58.4 Å². The summed E-state index contributed by atoms with van der Waals surface area (Å²) in [4.78, 5) is 19.5. The molecular weight excluding hydrogens is 1630 g/mol. The molecule has 0 fully saturated rings. The second-order valence-electron chi connectivity index (χ2n) is 25.5. The number of azo groups is 8. The first kappa shape index (κ1) is 81.0. The molecule has 14 rings (SSSR count). The van der Waals surface area contributed by atoms with Crippen LogP contribution in [0.2, 0.25) is 0 Å². The monoisotopic (exact) mass is 1680 g/mol. The Labute approximate surface area is 676 Å². The van der Waals surface area contributed by atoms with Crippen LogP contribution in [0.15, 0.2) is 356 Å². The lowest BCUT2D eigenvalue weighted by atomic mass is 10.1. The summed E-state index contributed by atoms with van der Waals surface area (Å²) in [7, 11) is -20.9. The molecule has 0 unspecified atom stereocenters. The van der Waals surface area contributed by atoms with Crippen LogP contribution >= 0.6 is 0 Å². The first-order chi connectivity index (χ1) is 57.2. The van der Waals surface area contributed by atoms with Gasteiger partial charge in [0.2, 0.25) is 0 Å². The molecule has 14 aromatic rings. The first-order valence-corrected chi connectivity index (χ1v) is 39.9. The summed E-state index contributed by atoms with van der Waals surface area (Å²) < 4.78 is 151. The average molecular weight is 1680 g/mol. The van der Waals surface area contributed by atoms with Crippen LogP contribution in [0.1, 0.15) is 20.7 Å². The summed E-state index contributed by atoms with van der Waals surface area (Å²) in [6, 6.07) is 57.2. The molecule has 4 N–H and O–H groups in total. The molecule has 0 amide bonds. The lowest BCUT2D eigenvalue weighted by molar-refractivity contribution is -0.256. The molecule has 0 spiro atoms. The van der Waals surface area contributed by atoms with E-state index in [1.165, 1.54) is 60.7 Å². The number of nitrogens with zero attached hydrogens (tertiary/aromatic N) is 16. The van der Waals surface area contributed by atoms with Crippen molar-refractivity contribution in [3.05, 3.63) is 266 Å². The number of hydrogen-bond donors (Lipinski definition) is 4. The van der Waals surface area contributed by atoms with E-state index in [1.54, 1.807) is 97.1 Å². The van der Waals surface area contributed by atoms with Crippen molar-refractivity contribution in [1.29, 1.82) is 0 Å². The fourth-order valence-corrected chi connectivity index (χ4v) is 13.7. The molecule has 0 bridgehead atoms. The lowest BCUT2D eigenvalue weighted by Gasteiger charge is -2.14. The number of aromatic hydroxyl groups is 4. The minimum Gasteiger partial charge on any atom is -0.744 e. The number of carboxylic acids is 2. The summed E-state index contributed by atoms with van der Waals surface area (Å²) in [5, 5.41) is 131. The summed E-state index contributed by atoms with van der Waals surface area (Å²) in [6.45, 7) is 0. The molecule has 0 saturated carbocycles. The molecule has 0 saturated heterocycles. The zero-order valence-electron chi connectivity index (χ0n) is 60.4. The number of rotatable bonds is 24. The van der Waals surface area contributed by atoms with Gasteiger partial charge in [-0.05, 0) is 216 Å². The van der Waals surface area contributed by atoms with Gasteiger partial charge in [-0.2, -0.15) is 40.9 Å². The Morgan fingerprint density at radius 1 is 0.208 bits per heavy atom. The Morgan fingerprint density at radius 3 is 0.742 bits per heavy atom. The van der Waals surface area contributed by atoms with Gasteiger partial charge in [-0.3, -0.25) is 0 Å². The Balaban J connectivity index is 0.696. The highest BCUT2D eigenvalue weighted by Crippen LogP contribution is 2.45. The molecule has 14 aromatic carbocycles. The van der Waals surface area contributed by atoms with Gasteiger partial charge in [0.15, 0.2) is 0 Å². The average Bonchev–Trinajstić information content (AvgIpc) is 0.766. The minimum absolute atomic E-state index is 0.0418. The molecule has 0 aliphatic carbocycles. The highest BCUT2D eigenvalue weighted by molar-refractivity contribution is 7.86. The predicted molar refractivity (Wildman–Crippen MR) is 422 cm³/mol. The standard InChI is InChI=1S/C80H52N16O20S4/c97-75-29-17-51(33-65(75)79(101)102)85-81-47-9-1-43(2-10-47)45-5-13-49(14-6-45)83-89-67-25-28-70(62-38-56(118(108,109)110)21-23-59(62)67)92-96-74-36-54(20-32-78(74)100)88-94-72-42-58(120(114,115)116)39-63-64(72)40-57(119(111,112)113)41-71(63)93-87-53-19-31-77(99)73(35-53)95-91-68-26-27-69(61-37-55(117(105,106)107)22-24-60(61)68)90-84-50-15-7-46(8-16-50)44-3-11-48(12-4-44)82-86-52-18-30-76(98)66(34-52)80(103)104/h1-42,97-100H,(H,101,102)(H,103,104)(H,105,106,107)(H,108,109,110)(H,111,112,113)(H,114,115,116)/p-6. The Kier molecular flexibility index (Phi) is 22.5. The van der Waals surface area contributed by atoms with Gasteiger partial charge in [-0.25, -0.2) is 33.7 Å². The van der Waals surface area contributed by atoms with Crippen molar-refractivity contribution in [3.8, 4) is 45.3 Å². The second-order valence-corrected chi connectivity index (χ2v) is 31.0. The van der Waals surface area contributed by atoms with E-state index in [0.29, 0.717) is 22.7 Å². The van der Waals surface area contributed by atoms with Gasteiger partial charge in [0.1, 0.15) is 74.8 Å². The number of phenols is 4. The van der Waals surface area contributed by atoms with Crippen molar-refractivity contribution in [3.63, 3.8) is 0 Å². The van der Waals surface area contributed by atoms with Crippen molar-refractivity contribution >= 4 is 176 Å². The maximum Gasteiger partial charge on any atom is 0.143 e. The third-order valence-electron chi connectivity index (χ3n) is 17.7. The second kappa shape index (κ2) is 33.3. The molecule has 0 atom stereocenters. The highest BCUT2D eigenvalue weighted by atomic mass is 32.2. The van der Waals surface area contributed by atoms with E-state index in [0.717, 1.165) is 119 Å². The largest absolute Gasteiger partial charge is 0.744 e. The van der Waals surface area contributed by atoms with Crippen molar-refractivity contribution < 1.29 is 92.1 Å². The summed E-state index contributed by atoms with van der Waals surface area (Å²) in [5.41, 5.74) is 2.53. The van der Waals surface area contributed by atoms with E-state index < -0.39 is 117 Å². The van der Waals surface area contributed by atoms with E-state index in [1.807, 2.05) is 0 Å². The predicted octanol–water partition coefficient (Wildman–Crippen LogP) is 19.0. The van der Waals surface area contributed by atoms with E-state index >= 15 is 0 Å². The molecule has 0 aromatic heterocycles. The highest BCUT2D eigenvalue weighted by Gasteiger charge is 2.19. The van der Waals surface area contributed by atoms with Crippen LogP contribution in [0.4, 0.5) is 91.0 Å². The third kappa shape index (κ3) is 18.9. The summed E-state index contributed by atoms with van der Waals surface area (Å²) in [6.07, 6.45) is 0.